The number of rotatable bonds is 5. The summed E-state index contributed by atoms with van der Waals surface area (Å²) in [7, 11) is 2.00. The zero-order valence-corrected chi connectivity index (χ0v) is 20.7. The summed E-state index contributed by atoms with van der Waals surface area (Å²) < 4.78 is 6.77. The number of benzene rings is 2. The second-order valence-corrected chi connectivity index (χ2v) is 9.89. The molecule has 1 atom stereocenters. The first-order valence-electron chi connectivity index (χ1n) is 12.3. The molecule has 188 valence electrons. The molecule has 0 saturated heterocycles. The van der Waals surface area contributed by atoms with E-state index < -0.39 is 11.6 Å². The highest BCUT2D eigenvalue weighted by molar-refractivity contribution is 5.89. The molecule has 4 aromatic rings. The van der Waals surface area contributed by atoms with Crippen LogP contribution in [-0.2, 0) is 41.4 Å². The van der Waals surface area contributed by atoms with E-state index in [0.29, 0.717) is 41.1 Å². The van der Waals surface area contributed by atoms with Crippen LogP contribution in [0.4, 0.5) is 0 Å². The summed E-state index contributed by atoms with van der Waals surface area (Å²) in [6, 6.07) is 17.3. The van der Waals surface area contributed by atoms with E-state index in [1.165, 1.54) is 5.56 Å². The Bertz CT molecular complexity index is 1630. The van der Waals surface area contributed by atoms with Gasteiger partial charge in [0.25, 0.3) is 5.56 Å². The number of esters is 1. The third kappa shape index (κ3) is 3.63. The van der Waals surface area contributed by atoms with Crippen LogP contribution in [0.15, 0.2) is 59.4 Å². The van der Waals surface area contributed by atoms with E-state index in [0.717, 1.165) is 23.1 Å². The van der Waals surface area contributed by atoms with E-state index in [4.69, 9.17) is 9.72 Å². The zero-order valence-electron chi connectivity index (χ0n) is 20.7. The molecule has 2 aromatic carbocycles. The fourth-order valence-corrected chi connectivity index (χ4v) is 5.49. The molecule has 0 aliphatic carbocycles. The van der Waals surface area contributed by atoms with Gasteiger partial charge < -0.3 is 19.5 Å². The number of carbonyl (C=O) groups excluding carboxylic acids is 1. The lowest BCUT2D eigenvalue weighted by molar-refractivity contribution is -0.172. The van der Waals surface area contributed by atoms with Crippen molar-refractivity contribution in [1.29, 1.82) is 0 Å². The lowest BCUT2D eigenvalue weighted by atomic mass is 9.86. The van der Waals surface area contributed by atoms with Crippen LogP contribution in [-0.4, -0.2) is 37.7 Å². The molecular formula is C29H27N3O5. The van der Waals surface area contributed by atoms with Gasteiger partial charge in [0.05, 0.1) is 29.0 Å². The number of aromatic nitrogens is 2. The topological polar surface area (TPSA) is 105 Å². The highest BCUT2D eigenvalue weighted by Gasteiger charge is 2.45. The molecule has 2 aromatic heterocycles. The van der Waals surface area contributed by atoms with Crippen LogP contribution in [0.3, 0.4) is 0 Å². The number of nitrogens with zero attached hydrogens (tertiary/aromatic N) is 3. The summed E-state index contributed by atoms with van der Waals surface area (Å²) in [6.45, 7) is 3.08. The van der Waals surface area contributed by atoms with Crippen LogP contribution in [0.2, 0.25) is 0 Å². The minimum Gasteiger partial charge on any atom is -0.508 e. The first-order valence-corrected chi connectivity index (χ1v) is 12.3. The molecule has 0 unspecified atom stereocenters. The van der Waals surface area contributed by atoms with Gasteiger partial charge in [-0.1, -0.05) is 37.3 Å². The van der Waals surface area contributed by atoms with Crippen LogP contribution in [0.25, 0.3) is 22.3 Å². The van der Waals surface area contributed by atoms with E-state index in [1.807, 2.05) is 31.3 Å². The minimum atomic E-state index is -1.86. The van der Waals surface area contributed by atoms with Gasteiger partial charge in [-0.05, 0) is 43.3 Å². The van der Waals surface area contributed by atoms with E-state index in [1.54, 1.807) is 29.7 Å². The normalized spacial score (nSPS) is 18.0. The maximum Gasteiger partial charge on any atom is 0.343 e. The Morgan fingerprint density at radius 3 is 2.65 bits per heavy atom. The van der Waals surface area contributed by atoms with Crippen molar-refractivity contribution in [3.63, 3.8) is 0 Å². The number of hydrogen-bond acceptors (Lipinski definition) is 7. The highest BCUT2D eigenvalue weighted by atomic mass is 16.6. The molecule has 4 heterocycles. The third-order valence-electron chi connectivity index (χ3n) is 7.50. The predicted octanol–water partition coefficient (Wildman–Crippen LogP) is 3.42. The molecular weight excluding hydrogens is 470 g/mol. The molecule has 37 heavy (non-hydrogen) atoms. The van der Waals surface area contributed by atoms with Crippen LogP contribution in [0.5, 0.6) is 5.75 Å². The second-order valence-electron chi connectivity index (χ2n) is 9.89. The SMILES string of the molecule is CC[C@@]1(O)C(=O)OCc2c1cc1n(c2=O)Cc2cc3c(CN(C)Cc4ccccc4)c(O)ccc3nc2-1. The number of aliphatic hydroxyl groups is 1. The summed E-state index contributed by atoms with van der Waals surface area (Å²) in [5, 5.41) is 22.6. The molecule has 2 aliphatic heterocycles. The lowest BCUT2D eigenvalue weighted by Gasteiger charge is -2.31. The van der Waals surface area contributed by atoms with Crippen molar-refractivity contribution in [2.45, 2.75) is 45.2 Å². The molecule has 0 fully saturated rings. The number of ether oxygens (including phenoxy) is 1. The van der Waals surface area contributed by atoms with Gasteiger partial charge in [0.15, 0.2) is 5.60 Å². The van der Waals surface area contributed by atoms with Gasteiger partial charge in [0, 0.05) is 35.2 Å². The van der Waals surface area contributed by atoms with Gasteiger partial charge >= 0.3 is 5.97 Å². The van der Waals surface area contributed by atoms with Crippen LogP contribution < -0.4 is 5.56 Å². The Morgan fingerprint density at radius 1 is 1.11 bits per heavy atom. The first-order chi connectivity index (χ1) is 17.8. The summed E-state index contributed by atoms with van der Waals surface area (Å²) in [5.74, 6) is -0.544. The van der Waals surface area contributed by atoms with Gasteiger partial charge in [0.1, 0.15) is 12.4 Å². The Hall–Kier alpha value is -4.01. The fourth-order valence-electron chi connectivity index (χ4n) is 5.49. The molecule has 0 bridgehead atoms. The van der Waals surface area contributed by atoms with Gasteiger partial charge in [0.2, 0.25) is 0 Å². The Balaban J connectivity index is 1.43. The van der Waals surface area contributed by atoms with E-state index in [9.17, 15) is 19.8 Å². The van der Waals surface area contributed by atoms with Crippen molar-refractivity contribution in [2.75, 3.05) is 7.05 Å². The van der Waals surface area contributed by atoms with Crippen molar-refractivity contribution < 1.29 is 19.7 Å². The summed E-state index contributed by atoms with van der Waals surface area (Å²) in [6.07, 6.45) is 0.0961. The van der Waals surface area contributed by atoms with Crippen molar-refractivity contribution in [3.05, 3.63) is 92.8 Å². The average Bonchev–Trinajstić information content (AvgIpc) is 3.26. The summed E-state index contributed by atoms with van der Waals surface area (Å²) in [4.78, 5) is 32.8. The Kier molecular flexibility index (Phi) is 5.40. The molecule has 0 amide bonds. The minimum absolute atomic E-state index is 0.0961. The maximum atomic E-state index is 13.4. The molecule has 8 nitrogen and oxygen atoms in total. The van der Waals surface area contributed by atoms with Gasteiger partial charge in [-0.25, -0.2) is 9.78 Å². The van der Waals surface area contributed by atoms with Crippen molar-refractivity contribution in [2.24, 2.45) is 0 Å². The van der Waals surface area contributed by atoms with Crippen molar-refractivity contribution in [1.82, 2.24) is 14.5 Å². The number of carbonyl (C=O) groups is 1. The van der Waals surface area contributed by atoms with Crippen LogP contribution in [0.1, 0.15) is 41.2 Å². The predicted molar refractivity (Wildman–Crippen MR) is 138 cm³/mol. The molecule has 6 rings (SSSR count). The van der Waals surface area contributed by atoms with Gasteiger partial charge in [-0.2, -0.15) is 0 Å². The quantitative estimate of drug-likeness (QED) is 0.359. The highest BCUT2D eigenvalue weighted by Crippen LogP contribution is 2.39. The Labute approximate surface area is 213 Å². The van der Waals surface area contributed by atoms with E-state index in [2.05, 4.69) is 17.0 Å². The number of phenolic OH excluding ortho intramolecular Hbond substituents is 1. The smallest absolute Gasteiger partial charge is 0.343 e. The number of hydrogen-bond donors (Lipinski definition) is 2. The largest absolute Gasteiger partial charge is 0.508 e. The van der Waals surface area contributed by atoms with Gasteiger partial charge in [-0.3, -0.25) is 9.69 Å². The standard InChI is InChI=1S/C29H27N3O5/c1-3-29(36)22-12-24-26-18(14-32(24)27(34)21(22)16-37-28(29)35)11-19-20(25(33)10-9-23(19)30-26)15-31(2)13-17-7-5-4-6-8-17/h4-12,33,36H,3,13-16H2,1-2H3/t29-/m0/s1. The number of pyridine rings is 2. The molecule has 2 N–H and O–H groups in total. The molecule has 0 spiro atoms. The number of phenols is 1. The molecule has 2 aliphatic rings. The third-order valence-corrected chi connectivity index (χ3v) is 7.50. The van der Waals surface area contributed by atoms with E-state index >= 15 is 0 Å². The number of fused-ring (bicyclic) bond motifs is 5. The van der Waals surface area contributed by atoms with E-state index in [-0.39, 0.29) is 24.3 Å². The molecule has 0 saturated carbocycles. The van der Waals surface area contributed by atoms with Crippen molar-refractivity contribution >= 4 is 16.9 Å². The van der Waals surface area contributed by atoms with Crippen LogP contribution >= 0.6 is 0 Å². The average molecular weight is 498 g/mol. The fraction of sp³-hybridized carbons (Fsp3) is 0.276. The zero-order chi connectivity index (χ0) is 25.9. The second kappa shape index (κ2) is 8.54. The maximum absolute atomic E-state index is 13.4. The number of cyclic esters (lactones) is 1. The van der Waals surface area contributed by atoms with Crippen LogP contribution in [0, 0.1) is 0 Å². The first kappa shape index (κ1) is 23.4. The van der Waals surface area contributed by atoms with Crippen molar-refractivity contribution in [3.8, 4) is 17.1 Å². The monoisotopic (exact) mass is 497 g/mol. The molecule has 0 radical (unpaired) electrons. The Morgan fingerprint density at radius 2 is 1.89 bits per heavy atom. The lowest BCUT2D eigenvalue weighted by Crippen LogP contribution is -2.44. The van der Waals surface area contributed by atoms with Gasteiger partial charge in [-0.15, -0.1) is 0 Å². The number of aromatic hydroxyl groups is 1. The summed E-state index contributed by atoms with van der Waals surface area (Å²) in [5.41, 5.74) is 3.14. The summed E-state index contributed by atoms with van der Waals surface area (Å²) >= 11 is 0. The molecule has 8 heteroatoms.